The van der Waals surface area contributed by atoms with Gasteiger partial charge in [-0.2, -0.15) is 0 Å². The monoisotopic (exact) mass is 344 g/mol. The van der Waals surface area contributed by atoms with Crippen molar-refractivity contribution >= 4 is 11.7 Å². The first-order chi connectivity index (χ1) is 12.1. The van der Waals surface area contributed by atoms with Gasteiger partial charge in [-0.1, -0.05) is 6.92 Å². The van der Waals surface area contributed by atoms with Crippen LogP contribution in [-0.4, -0.2) is 55.8 Å². The summed E-state index contributed by atoms with van der Waals surface area (Å²) in [5, 5.41) is 13.5. The summed E-state index contributed by atoms with van der Waals surface area (Å²) >= 11 is 0. The topological polar surface area (TPSA) is 96.2 Å². The quantitative estimate of drug-likeness (QED) is 0.754. The van der Waals surface area contributed by atoms with E-state index in [0.717, 1.165) is 18.1 Å². The van der Waals surface area contributed by atoms with Gasteiger partial charge in [-0.25, -0.2) is 9.97 Å². The minimum Gasteiger partial charge on any atom is -0.386 e. The SMILES string of the molecule is CCc1nccn1CCC(=O)NC[C@@]1(O)CCN(c2cnccn2)C1. The molecular weight excluding hydrogens is 320 g/mol. The molecule has 0 aromatic carbocycles. The molecular formula is C17H24N6O2. The summed E-state index contributed by atoms with van der Waals surface area (Å²) in [5.41, 5.74) is -0.934. The molecule has 2 N–H and O–H groups in total. The van der Waals surface area contributed by atoms with Crippen LogP contribution in [0.15, 0.2) is 31.0 Å². The summed E-state index contributed by atoms with van der Waals surface area (Å²) in [6.45, 7) is 4.01. The highest BCUT2D eigenvalue weighted by Crippen LogP contribution is 2.24. The molecule has 2 aromatic heterocycles. The highest BCUT2D eigenvalue weighted by Gasteiger charge is 2.36. The van der Waals surface area contributed by atoms with Crippen LogP contribution in [0.25, 0.3) is 0 Å². The summed E-state index contributed by atoms with van der Waals surface area (Å²) in [5.74, 6) is 1.65. The zero-order valence-corrected chi connectivity index (χ0v) is 14.4. The van der Waals surface area contributed by atoms with Crippen molar-refractivity contribution in [2.24, 2.45) is 0 Å². The average Bonchev–Trinajstić information content (AvgIpc) is 3.26. The normalized spacial score (nSPS) is 20.0. The summed E-state index contributed by atoms with van der Waals surface area (Å²) in [6, 6.07) is 0. The Balaban J connectivity index is 1.45. The third kappa shape index (κ3) is 4.33. The molecule has 0 spiro atoms. The van der Waals surface area contributed by atoms with Crippen LogP contribution >= 0.6 is 0 Å². The van der Waals surface area contributed by atoms with Gasteiger partial charge < -0.3 is 19.9 Å². The van der Waals surface area contributed by atoms with Crippen LogP contribution < -0.4 is 10.2 Å². The van der Waals surface area contributed by atoms with Gasteiger partial charge in [0.25, 0.3) is 0 Å². The van der Waals surface area contributed by atoms with Gasteiger partial charge in [0.15, 0.2) is 0 Å². The van der Waals surface area contributed by atoms with Crippen LogP contribution in [0.4, 0.5) is 5.82 Å². The van der Waals surface area contributed by atoms with Crippen LogP contribution in [0.1, 0.15) is 25.6 Å². The second kappa shape index (κ2) is 7.60. The van der Waals surface area contributed by atoms with Gasteiger partial charge >= 0.3 is 0 Å². The third-order valence-corrected chi connectivity index (χ3v) is 4.52. The number of hydrogen-bond acceptors (Lipinski definition) is 6. The molecule has 0 aliphatic carbocycles. The van der Waals surface area contributed by atoms with Gasteiger partial charge in [0.2, 0.25) is 5.91 Å². The second-order valence-corrected chi connectivity index (χ2v) is 6.38. The van der Waals surface area contributed by atoms with E-state index in [2.05, 4.69) is 20.3 Å². The maximum absolute atomic E-state index is 12.1. The van der Waals surface area contributed by atoms with E-state index in [4.69, 9.17) is 0 Å². The van der Waals surface area contributed by atoms with Crippen molar-refractivity contribution in [3.63, 3.8) is 0 Å². The lowest BCUT2D eigenvalue weighted by Crippen LogP contribution is -2.45. The van der Waals surface area contributed by atoms with Crippen molar-refractivity contribution in [2.75, 3.05) is 24.5 Å². The van der Waals surface area contributed by atoms with E-state index in [1.165, 1.54) is 0 Å². The van der Waals surface area contributed by atoms with Crippen molar-refractivity contribution in [3.8, 4) is 0 Å². The molecule has 0 saturated carbocycles. The van der Waals surface area contributed by atoms with Crippen LogP contribution in [0.5, 0.6) is 0 Å². The summed E-state index contributed by atoms with van der Waals surface area (Å²) < 4.78 is 1.99. The Morgan fingerprint density at radius 2 is 2.24 bits per heavy atom. The predicted molar refractivity (Wildman–Crippen MR) is 93.0 cm³/mol. The molecule has 0 bridgehead atoms. The molecule has 3 heterocycles. The zero-order valence-electron chi connectivity index (χ0n) is 14.4. The number of aliphatic hydroxyl groups is 1. The third-order valence-electron chi connectivity index (χ3n) is 4.52. The van der Waals surface area contributed by atoms with Crippen LogP contribution in [0, 0.1) is 0 Å². The first kappa shape index (κ1) is 17.3. The number of amides is 1. The Kier molecular flexibility index (Phi) is 5.28. The number of hydrogen-bond donors (Lipinski definition) is 2. The van der Waals surface area contributed by atoms with E-state index in [0.29, 0.717) is 32.5 Å². The lowest BCUT2D eigenvalue weighted by Gasteiger charge is -2.24. The number of anilines is 1. The largest absolute Gasteiger partial charge is 0.386 e. The van der Waals surface area contributed by atoms with E-state index in [1.807, 2.05) is 22.6 Å². The molecule has 134 valence electrons. The molecule has 1 aliphatic heterocycles. The fourth-order valence-corrected chi connectivity index (χ4v) is 3.08. The number of nitrogens with zero attached hydrogens (tertiary/aromatic N) is 5. The lowest BCUT2D eigenvalue weighted by molar-refractivity contribution is -0.122. The highest BCUT2D eigenvalue weighted by molar-refractivity contribution is 5.75. The van der Waals surface area contributed by atoms with E-state index in [-0.39, 0.29) is 12.5 Å². The first-order valence-electron chi connectivity index (χ1n) is 8.60. The maximum Gasteiger partial charge on any atom is 0.221 e. The predicted octanol–water partition coefficient (Wildman–Crippen LogP) is 0.383. The van der Waals surface area contributed by atoms with Gasteiger partial charge in [-0.15, -0.1) is 0 Å². The van der Waals surface area contributed by atoms with Crippen molar-refractivity contribution in [2.45, 2.75) is 38.3 Å². The fraction of sp³-hybridized carbons (Fsp3) is 0.529. The Hall–Kier alpha value is -2.48. The number of aromatic nitrogens is 4. The Bertz CT molecular complexity index is 704. The number of nitrogens with one attached hydrogen (secondary N) is 1. The molecule has 0 unspecified atom stereocenters. The number of imidazole rings is 1. The number of rotatable bonds is 7. The van der Waals surface area contributed by atoms with Crippen molar-refractivity contribution < 1.29 is 9.90 Å². The molecule has 1 saturated heterocycles. The van der Waals surface area contributed by atoms with E-state index >= 15 is 0 Å². The number of carbonyl (C=O) groups excluding carboxylic acids is 1. The van der Waals surface area contributed by atoms with E-state index < -0.39 is 5.60 Å². The first-order valence-corrected chi connectivity index (χ1v) is 8.60. The van der Waals surface area contributed by atoms with Crippen molar-refractivity contribution in [3.05, 3.63) is 36.8 Å². The number of carbonyl (C=O) groups is 1. The van der Waals surface area contributed by atoms with Crippen LogP contribution in [0.2, 0.25) is 0 Å². The van der Waals surface area contributed by atoms with E-state index in [9.17, 15) is 9.90 Å². The second-order valence-electron chi connectivity index (χ2n) is 6.38. The molecule has 2 aromatic rings. The molecule has 1 atom stereocenters. The molecule has 8 nitrogen and oxygen atoms in total. The van der Waals surface area contributed by atoms with Crippen LogP contribution in [-0.2, 0) is 17.8 Å². The summed E-state index contributed by atoms with van der Waals surface area (Å²) in [7, 11) is 0. The summed E-state index contributed by atoms with van der Waals surface area (Å²) in [6.07, 6.45) is 10.4. The highest BCUT2D eigenvalue weighted by atomic mass is 16.3. The zero-order chi connectivity index (χ0) is 17.7. The standard InChI is InChI=1S/C17H24N6O2/c1-2-14-20-7-10-22(14)8-3-16(24)21-12-17(25)4-9-23(13-17)15-11-18-5-6-19-15/h5-7,10-11,25H,2-4,8-9,12-13H2,1H3,(H,21,24)/t17-/m0/s1. The minimum atomic E-state index is -0.934. The molecule has 1 aliphatic rings. The van der Waals surface area contributed by atoms with E-state index in [1.54, 1.807) is 24.8 Å². The van der Waals surface area contributed by atoms with Gasteiger partial charge in [-0.05, 0) is 6.42 Å². The molecule has 8 heteroatoms. The molecule has 1 fully saturated rings. The van der Waals surface area contributed by atoms with Gasteiger partial charge in [0.05, 0.1) is 6.20 Å². The minimum absolute atomic E-state index is 0.0675. The fourth-order valence-electron chi connectivity index (χ4n) is 3.08. The Morgan fingerprint density at radius 3 is 3.00 bits per heavy atom. The molecule has 3 rings (SSSR count). The van der Waals surface area contributed by atoms with Crippen molar-refractivity contribution in [1.29, 1.82) is 0 Å². The number of β-amino-alcohol motifs (C(OH)–C–C–N with tert-alkyl or cyclic N) is 1. The summed E-state index contributed by atoms with van der Waals surface area (Å²) in [4.78, 5) is 26.6. The average molecular weight is 344 g/mol. The van der Waals surface area contributed by atoms with Gasteiger partial charge in [-0.3, -0.25) is 9.78 Å². The maximum atomic E-state index is 12.1. The van der Waals surface area contributed by atoms with Gasteiger partial charge in [0.1, 0.15) is 17.2 Å². The smallest absolute Gasteiger partial charge is 0.221 e. The van der Waals surface area contributed by atoms with Crippen LogP contribution in [0.3, 0.4) is 0 Å². The Labute approximate surface area is 146 Å². The molecule has 25 heavy (non-hydrogen) atoms. The van der Waals surface area contributed by atoms with Gasteiger partial charge in [0, 0.05) is 63.8 Å². The molecule has 1 amide bonds. The lowest BCUT2D eigenvalue weighted by atomic mass is 10.0. The van der Waals surface area contributed by atoms with Crippen molar-refractivity contribution in [1.82, 2.24) is 24.8 Å². The molecule has 0 radical (unpaired) electrons. The Morgan fingerprint density at radius 1 is 1.36 bits per heavy atom. The number of aryl methyl sites for hydroxylation is 2.